The molecule has 8 nitrogen and oxygen atoms in total. The summed E-state index contributed by atoms with van der Waals surface area (Å²) in [5.74, 6) is -2.66. The lowest BCUT2D eigenvalue weighted by molar-refractivity contribution is 0.0979. The Bertz CT molecular complexity index is 1790. The topological polar surface area (TPSA) is 154 Å². The van der Waals surface area contributed by atoms with Crippen LogP contribution >= 0.6 is 0 Å². The number of anilines is 2. The van der Waals surface area contributed by atoms with Crippen LogP contribution < -0.4 is 11.5 Å². The smallest absolute Gasteiger partial charge is 0.196 e. The van der Waals surface area contributed by atoms with Crippen LogP contribution in [0.3, 0.4) is 0 Å². The summed E-state index contributed by atoms with van der Waals surface area (Å²) in [6.07, 6.45) is 0. The third-order valence-corrected chi connectivity index (χ3v) is 8.70. The number of rotatable bonds is 4. The van der Waals surface area contributed by atoms with Crippen molar-refractivity contribution in [1.82, 2.24) is 0 Å². The van der Waals surface area contributed by atoms with Crippen molar-refractivity contribution in [1.29, 1.82) is 0 Å². The summed E-state index contributed by atoms with van der Waals surface area (Å²) >= 11 is 0. The predicted octanol–water partition coefficient (Wildman–Crippen LogP) is 3.52. The molecule has 0 unspecified atom stereocenters. The molecular formula is C30H20N2O6S. The SMILES string of the molecule is Nc1c(CS(=O)(=O)Cc2ccc3c(c2N)C(=O)c2ccccc2C3=O)ccc2c1C(=O)c1ccccc1C2=O. The normalized spacial score (nSPS) is 13.9. The Hall–Kier alpha value is -4.89. The molecule has 9 heteroatoms. The van der Waals surface area contributed by atoms with Gasteiger partial charge in [0, 0.05) is 44.8 Å². The van der Waals surface area contributed by atoms with Crippen molar-refractivity contribution in [3.8, 4) is 0 Å². The standard InChI is InChI=1S/C30H20N2O6S/c31-25-15(9-11-21-23(25)29(35)19-7-3-1-5-17(19)27(21)33)13-39(37,38)14-16-10-12-22-24(26(16)32)30(36)20-8-4-2-6-18(20)28(22)34/h1-12H,13-14,31-32H2. The van der Waals surface area contributed by atoms with E-state index in [4.69, 9.17) is 11.5 Å². The molecule has 0 bridgehead atoms. The van der Waals surface area contributed by atoms with E-state index in [-0.39, 0.29) is 78.6 Å². The molecule has 4 aromatic rings. The highest BCUT2D eigenvalue weighted by molar-refractivity contribution is 7.89. The number of hydrogen-bond donors (Lipinski definition) is 2. The number of carbonyl (C=O) groups excluding carboxylic acids is 4. The fourth-order valence-electron chi connectivity index (χ4n) is 5.29. The first-order chi connectivity index (χ1) is 18.6. The molecule has 0 atom stereocenters. The summed E-state index contributed by atoms with van der Waals surface area (Å²) in [4.78, 5) is 52.2. The van der Waals surface area contributed by atoms with E-state index in [2.05, 4.69) is 0 Å². The van der Waals surface area contributed by atoms with Crippen molar-refractivity contribution in [2.45, 2.75) is 11.5 Å². The number of hydrogen-bond acceptors (Lipinski definition) is 8. The van der Waals surface area contributed by atoms with Crippen LogP contribution in [0.25, 0.3) is 0 Å². The van der Waals surface area contributed by atoms with Gasteiger partial charge in [0.05, 0.1) is 22.6 Å². The summed E-state index contributed by atoms with van der Waals surface area (Å²) in [5.41, 5.74) is 13.9. The third kappa shape index (κ3) is 3.70. The first-order valence-corrected chi connectivity index (χ1v) is 13.8. The summed E-state index contributed by atoms with van der Waals surface area (Å²) in [6, 6.07) is 18.5. The zero-order chi connectivity index (χ0) is 27.6. The van der Waals surface area contributed by atoms with Crippen LogP contribution in [0.4, 0.5) is 11.4 Å². The third-order valence-electron chi connectivity index (χ3n) is 7.20. The van der Waals surface area contributed by atoms with Crippen molar-refractivity contribution >= 4 is 44.3 Å². The van der Waals surface area contributed by atoms with Gasteiger partial charge in [-0.05, 0) is 23.3 Å². The first-order valence-electron chi connectivity index (χ1n) is 12.0. The highest BCUT2D eigenvalue weighted by Crippen LogP contribution is 2.36. The number of nitrogen functional groups attached to an aromatic ring is 2. The van der Waals surface area contributed by atoms with E-state index in [1.54, 1.807) is 36.4 Å². The molecule has 39 heavy (non-hydrogen) atoms. The van der Waals surface area contributed by atoms with Crippen LogP contribution in [-0.4, -0.2) is 31.6 Å². The fraction of sp³-hybridized carbons (Fsp3) is 0.0667. The van der Waals surface area contributed by atoms with Gasteiger partial charge in [-0.2, -0.15) is 0 Å². The molecule has 0 heterocycles. The highest BCUT2D eigenvalue weighted by Gasteiger charge is 2.34. The Morgan fingerprint density at radius 1 is 0.462 bits per heavy atom. The molecule has 192 valence electrons. The second-order valence-electron chi connectivity index (χ2n) is 9.56. The number of carbonyl (C=O) groups is 4. The molecule has 0 radical (unpaired) electrons. The minimum absolute atomic E-state index is 0.0116. The second-order valence-corrected chi connectivity index (χ2v) is 11.6. The van der Waals surface area contributed by atoms with Gasteiger partial charge in [0.25, 0.3) is 0 Å². The van der Waals surface area contributed by atoms with E-state index in [1.165, 1.54) is 36.4 Å². The minimum atomic E-state index is -3.92. The van der Waals surface area contributed by atoms with Gasteiger partial charge in [0.1, 0.15) is 0 Å². The Balaban J connectivity index is 1.33. The van der Waals surface area contributed by atoms with Crippen LogP contribution in [0.5, 0.6) is 0 Å². The molecule has 0 fully saturated rings. The molecule has 6 rings (SSSR count). The van der Waals surface area contributed by atoms with Gasteiger partial charge in [-0.15, -0.1) is 0 Å². The van der Waals surface area contributed by atoms with Gasteiger partial charge in [-0.25, -0.2) is 8.42 Å². The quantitative estimate of drug-likeness (QED) is 0.324. The van der Waals surface area contributed by atoms with E-state index in [0.717, 1.165) is 0 Å². The number of ketones is 4. The van der Waals surface area contributed by atoms with Crippen molar-refractivity contribution in [2.75, 3.05) is 11.5 Å². The Labute approximate surface area is 223 Å². The lowest BCUT2D eigenvalue weighted by atomic mass is 9.82. The molecule has 0 aromatic heterocycles. The largest absolute Gasteiger partial charge is 0.398 e. The molecule has 2 aliphatic rings. The summed E-state index contributed by atoms with van der Waals surface area (Å²) in [7, 11) is -3.92. The maximum absolute atomic E-state index is 13.3. The average molecular weight is 537 g/mol. The van der Waals surface area contributed by atoms with Crippen molar-refractivity contribution in [3.63, 3.8) is 0 Å². The fourth-order valence-corrected chi connectivity index (χ4v) is 6.84. The zero-order valence-corrected chi connectivity index (χ0v) is 21.2. The molecule has 4 N–H and O–H groups in total. The minimum Gasteiger partial charge on any atom is -0.398 e. The molecule has 0 saturated heterocycles. The maximum Gasteiger partial charge on any atom is 0.196 e. The molecule has 2 aliphatic carbocycles. The van der Waals surface area contributed by atoms with Gasteiger partial charge < -0.3 is 11.5 Å². The predicted molar refractivity (Wildman–Crippen MR) is 145 cm³/mol. The van der Waals surface area contributed by atoms with Gasteiger partial charge in [-0.3, -0.25) is 19.2 Å². The van der Waals surface area contributed by atoms with E-state index in [0.29, 0.717) is 0 Å². The van der Waals surface area contributed by atoms with Crippen molar-refractivity contribution in [2.24, 2.45) is 0 Å². The van der Waals surface area contributed by atoms with E-state index < -0.39 is 32.9 Å². The molecule has 4 aromatic carbocycles. The zero-order valence-electron chi connectivity index (χ0n) is 20.4. The van der Waals surface area contributed by atoms with Crippen LogP contribution in [0.1, 0.15) is 74.8 Å². The van der Waals surface area contributed by atoms with Crippen molar-refractivity contribution < 1.29 is 27.6 Å². The number of benzene rings is 4. The van der Waals surface area contributed by atoms with Crippen LogP contribution in [0.15, 0.2) is 72.8 Å². The van der Waals surface area contributed by atoms with E-state index >= 15 is 0 Å². The maximum atomic E-state index is 13.3. The first kappa shape index (κ1) is 24.4. The van der Waals surface area contributed by atoms with Crippen LogP contribution in [0, 0.1) is 0 Å². The Morgan fingerprint density at radius 3 is 1.15 bits per heavy atom. The van der Waals surface area contributed by atoms with Gasteiger partial charge in [0.2, 0.25) is 0 Å². The number of sulfone groups is 1. The van der Waals surface area contributed by atoms with E-state index in [1.807, 2.05) is 0 Å². The Morgan fingerprint density at radius 2 is 0.795 bits per heavy atom. The Kier molecular flexibility index (Phi) is 5.37. The van der Waals surface area contributed by atoms with Gasteiger partial charge in [-0.1, -0.05) is 60.7 Å². The average Bonchev–Trinajstić information content (AvgIpc) is 2.92. The lowest BCUT2D eigenvalue weighted by Crippen LogP contribution is -2.24. The monoisotopic (exact) mass is 536 g/mol. The van der Waals surface area contributed by atoms with E-state index in [9.17, 15) is 27.6 Å². The summed E-state index contributed by atoms with van der Waals surface area (Å²) in [6.45, 7) is 0. The molecule has 0 amide bonds. The molecule has 0 spiro atoms. The van der Waals surface area contributed by atoms with Crippen molar-refractivity contribution in [3.05, 3.63) is 128 Å². The number of nitrogens with two attached hydrogens (primary N) is 2. The molecule has 0 aliphatic heterocycles. The summed E-state index contributed by atoms with van der Waals surface area (Å²) < 4.78 is 26.6. The van der Waals surface area contributed by atoms with Gasteiger partial charge >= 0.3 is 0 Å². The van der Waals surface area contributed by atoms with Gasteiger partial charge in [0.15, 0.2) is 33.0 Å². The lowest BCUT2D eigenvalue weighted by Gasteiger charge is -2.21. The highest BCUT2D eigenvalue weighted by atomic mass is 32.2. The molecule has 0 saturated carbocycles. The van der Waals surface area contributed by atoms with Crippen LogP contribution in [0.2, 0.25) is 0 Å². The summed E-state index contributed by atoms with van der Waals surface area (Å²) in [5, 5.41) is 0. The second kappa shape index (κ2) is 8.57. The van der Waals surface area contributed by atoms with Crippen LogP contribution in [-0.2, 0) is 21.3 Å². The number of fused-ring (bicyclic) bond motifs is 4. The molecular weight excluding hydrogens is 516 g/mol.